The first-order valence-electron chi connectivity index (χ1n) is 8.07. The van der Waals surface area contributed by atoms with Gasteiger partial charge in [0.2, 0.25) is 0 Å². The van der Waals surface area contributed by atoms with Crippen molar-refractivity contribution in [2.45, 2.75) is 6.92 Å². The standard InChI is InChI=1S/C21H17IN2O2/c1-14-18(21(26)23-17-6-3-2-4-7-17)8-5-9-19(14)24-20(25)15-10-12-16(22)13-11-15/h2-13H,1H3,(H,23,26)(H,24,25). The van der Waals surface area contributed by atoms with Gasteiger partial charge in [-0.05, 0) is 83.6 Å². The number of nitrogens with one attached hydrogen (secondary N) is 2. The highest BCUT2D eigenvalue weighted by Crippen LogP contribution is 2.21. The first-order chi connectivity index (χ1) is 12.5. The molecule has 26 heavy (non-hydrogen) atoms. The lowest BCUT2D eigenvalue weighted by atomic mass is 10.1. The van der Waals surface area contributed by atoms with Gasteiger partial charge in [-0.3, -0.25) is 9.59 Å². The molecule has 0 heterocycles. The second-order valence-electron chi connectivity index (χ2n) is 5.76. The Hall–Kier alpha value is -2.67. The van der Waals surface area contributed by atoms with Crippen molar-refractivity contribution < 1.29 is 9.59 Å². The molecule has 0 atom stereocenters. The van der Waals surface area contributed by atoms with Crippen molar-refractivity contribution in [3.8, 4) is 0 Å². The predicted octanol–water partition coefficient (Wildman–Crippen LogP) is 5.10. The summed E-state index contributed by atoms with van der Waals surface area (Å²) in [6, 6.07) is 21.9. The van der Waals surface area contributed by atoms with Gasteiger partial charge in [0.05, 0.1) is 0 Å². The summed E-state index contributed by atoms with van der Waals surface area (Å²) in [5.41, 5.74) is 3.16. The molecule has 3 aromatic rings. The lowest BCUT2D eigenvalue weighted by molar-refractivity contribution is 0.101. The van der Waals surface area contributed by atoms with Gasteiger partial charge in [0.15, 0.2) is 0 Å². The number of carbonyl (C=O) groups excluding carboxylic acids is 2. The highest BCUT2D eigenvalue weighted by molar-refractivity contribution is 14.1. The summed E-state index contributed by atoms with van der Waals surface area (Å²) in [4.78, 5) is 25.0. The van der Waals surface area contributed by atoms with Gasteiger partial charge in [0, 0.05) is 26.1 Å². The van der Waals surface area contributed by atoms with Gasteiger partial charge in [-0.2, -0.15) is 0 Å². The quantitative estimate of drug-likeness (QED) is 0.537. The molecule has 0 aliphatic rings. The van der Waals surface area contributed by atoms with E-state index in [1.54, 1.807) is 30.3 Å². The van der Waals surface area contributed by atoms with E-state index in [1.807, 2.05) is 49.4 Å². The molecule has 0 saturated heterocycles. The lowest BCUT2D eigenvalue weighted by Crippen LogP contribution is -2.17. The van der Waals surface area contributed by atoms with E-state index < -0.39 is 0 Å². The Morgan fingerprint density at radius 1 is 0.769 bits per heavy atom. The number of hydrogen-bond donors (Lipinski definition) is 2. The third-order valence-corrected chi connectivity index (χ3v) is 4.68. The zero-order valence-electron chi connectivity index (χ0n) is 14.1. The van der Waals surface area contributed by atoms with E-state index in [0.717, 1.165) is 14.8 Å². The van der Waals surface area contributed by atoms with Crippen molar-refractivity contribution >= 4 is 45.8 Å². The molecule has 3 aromatic carbocycles. The summed E-state index contributed by atoms with van der Waals surface area (Å²) in [5.74, 6) is -0.413. The Morgan fingerprint density at radius 2 is 1.46 bits per heavy atom. The van der Waals surface area contributed by atoms with Crippen LogP contribution in [0.3, 0.4) is 0 Å². The van der Waals surface area contributed by atoms with Crippen LogP contribution in [-0.2, 0) is 0 Å². The summed E-state index contributed by atoms with van der Waals surface area (Å²) < 4.78 is 1.06. The molecule has 0 saturated carbocycles. The monoisotopic (exact) mass is 456 g/mol. The average Bonchev–Trinajstić information content (AvgIpc) is 2.64. The number of halogens is 1. The fourth-order valence-corrected chi connectivity index (χ4v) is 2.89. The number of benzene rings is 3. The van der Waals surface area contributed by atoms with E-state index in [4.69, 9.17) is 0 Å². The molecule has 3 rings (SSSR count). The Balaban J connectivity index is 1.79. The SMILES string of the molecule is Cc1c(NC(=O)c2ccc(I)cc2)cccc1C(=O)Nc1ccccc1. The van der Waals surface area contributed by atoms with Crippen molar-refractivity contribution in [3.63, 3.8) is 0 Å². The second kappa shape index (κ2) is 8.14. The summed E-state index contributed by atoms with van der Waals surface area (Å²) in [5, 5.41) is 5.75. The van der Waals surface area contributed by atoms with Gasteiger partial charge in [0.25, 0.3) is 11.8 Å². The maximum Gasteiger partial charge on any atom is 0.256 e. The zero-order valence-corrected chi connectivity index (χ0v) is 16.3. The fourth-order valence-electron chi connectivity index (χ4n) is 2.53. The Kier molecular flexibility index (Phi) is 5.68. The number of rotatable bonds is 4. The van der Waals surface area contributed by atoms with Crippen LogP contribution in [0.15, 0.2) is 72.8 Å². The fraction of sp³-hybridized carbons (Fsp3) is 0.0476. The summed E-state index contributed by atoms with van der Waals surface area (Å²) in [6.07, 6.45) is 0. The van der Waals surface area contributed by atoms with Crippen LogP contribution in [0.5, 0.6) is 0 Å². The third kappa shape index (κ3) is 4.29. The van der Waals surface area contributed by atoms with Crippen LogP contribution in [0.1, 0.15) is 26.3 Å². The minimum absolute atomic E-state index is 0.204. The molecular weight excluding hydrogens is 439 g/mol. The van der Waals surface area contributed by atoms with Crippen molar-refractivity contribution in [2.75, 3.05) is 10.6 Å². The van der Waals surface area contributed by atoms with Gasteiger partial charge in [0.1, 0.15) is 0 Å². The van der Waals surface area contributed by atoms with Crippen molar-refractivity contribution in [3.05, 3.63) is 93.1 Å². The van der Waals surface area contributed by atoms with Gasteiger partial charge >= 0.3 is 0 Å². The van der Waals surface area contributed by atoms with Crippen LogP contribution in [0, 0.1) is 10.5 Å². The number of para-hydroxylation sites is 1. The Morgan fingerprint density at radius 3 is 2.15 bits per heavy atom. The zero-order chi connectivity index (χ0) is 18.5. The molecular formula is C21H17IN2O2. The molecule has 0 aliphatic heterocycles. The number of anilines is 2. The van der Waals surface area contributed by atoms with E-state index in [1.165, 1.54) is 0 Å². The molecule has 0 fully saturated rings. The molecule has 2 amide bonds. The van der Waals surface area contributed by atoms with E-state index in [-0.39, 0.29) is 11.8 Å². The summed E-state index contributed by atoms with van der Waals surface area (Å²) >= 11 is 2.19. The van der Waals surface area contributed by atoms with Gasteiger partial charge in [-0.1, -0.05) is 24.3 Å². The number of amides is 2. The highest BCUT2D eigenvalue weighted by Gasteiger charge is 2.14. The Labute approximate surface area is 165 Å². The molecule has 0 aromatic heterocycles. The van der Waals surface area contributed by atoms with E-state index >= 15 is 0 Å². The van der Waals surface area contributed by atoms with Crippen LogP contribution in [0.25, 0.3) is 0 Å². The molecule has 130 valence electrons. The van der Waals surface area contributed by atoms with Crippen LogP contribution < -0.4 is 10.6 Å². The van der Waals surface area contributed by atoms with Gasteiger partial charge < -0.3 is 10.6 Å². The molecule has 4 nitrogen and oxygen atoms in total. The molecule has 0 aliphatic carbocycles. The predicted molar refractivity (Wildman–Crippen MR) is 113 cm³/mol. The molecule has 0 unspecified atom stereocenters. The van der Waals surface area contributed by atoms with Gasteiger partial charge in [-0.15, -0.1) is 0 Å². The maximum atomic E-state index is 12.6. The van der Waals surface area contributed by atoms with Gasteiger partial charge in [-0.25, -0.2) is 0 Å². The smallest absolute Gasteiger partial charge is 0.256 e. The van der Waals surface area contributed by atoms with E-state index in [0.29, 0.717) is 16.8 Å². The highest BCUT2D eigenvalue weighted by atomic mass is 127. The third-order valence-electron chi connectivity index (χ3n) is 3.96. The van der Waals surface area contributed by atoms with Crippen molar-refractivity contribution in [1.82, 2.24) is 0 Å². The van der Waals surface area contributed by atoms with E-state index in [9.17, 15) is 9.59 Å². The minimum Gasteiger partial charge on any atom is -0.322 e. The average molecular weight is 456 g/mol. The van der Waals surface area contributed by atoms with Crippen LogP contribution >= 0.6 is 22.6 Å². The second-order valence-corrected chi connectivity index (χ2v) is 7.00. The Bertz CT molecular complexity index is 938. The topological polar surface area (TPSA) is 58.2 Å². The van der Waals surface area contributed by atoms with Crippen molar-refractivity contribution in [2.24, 2.45) is 0 Å². The molecule has 0 radical (unpaired) electrons. The maximum absolute atomic E-state index is 12.6. The number of carbonyl (C=O) groups is 2. The first kappa shape index (κ1) is 18.1. The number of hydrogen-bond acceptors (Lipinski definition) is 2. The largest absolute Gasteiger partial charge is 0.322 e. The minimum atomic E-state index is -0.209. The molecule has 2 N–H and O–H groups in total. The van der Waals surface area contributed by atoms with Crippen molar-refractivity contribution in [1.29, 1.82) is 0 Å². The molecule has 0 bridgehead atoms. The summed E-state index contributed by atoms with van der Waals surface area (Å²) in [7, 11) is 0. The molecule has 5 heteroatoms. The summed E-state index contributed by atoms with van der Waals surface area (Å²) in [6.45, 7) is 1.82. The van der Waals surface area contributed by atoms with E-state index in [2.05, 4.69) is 33.2 Å². The van der Waals surface area contributed by atoms with Crippen LogP contribution in [0.4, 0.5) is 11.4 Å². The lowest BCUT2D eigenvalue weighted by Gasteiger charge is -2.13. The van der Waals surface area contributed by atoms with Crippen LogP contribution in [0.2, 0.25) is 0 Å². The molecule has 0 spiro atoms. The normalized spacial score (nSPS) is 10.2. The first-order valence-corrected chi connectivity index (χ1v) is 9.15. The van der Waals surface area contributed by atoms with Crippen LogP contribution in [-0.4, -0.2) is 11.8 Å².